The maximum absolute atomic E-state index is 12.1. The molecule has 0 fully saturated rings. The largest absolute Gasteiger partial charge is 0.383 e. The summed E-state index contributed by atoms with van der Waals surface area (Å²) in [6.45, 7) is 3.24. The lowest BCUT2D eigenvalue weighted by Gasteiger charge is -2.15. The first kappa shape index (κ1) is 17.6. The van der Waals surface area contributed by atoms with Crippen LogP contribution in [-0.4, -0.2) is 36.0 Å². The summed E-state index contributed by atoms with van der Waals surface area (Å²) in [7, 11) is 1.69. The predicted octanol–water partition coefficient (Wildman–Crippen LogP) is 1.85. The normalized spacial score (nSPS) is 13.5. The van der Waals surface area contributed by atoms with Gasteiger partial charge in [0.05, 0.1) is 32.1 Å². The molecule has 0 radical (unpaired) electrons. The van der Waals surface area contributed by atoms with Crippen molar-refractivity contribution >= 4 is 5.91 Å². The van der Waals surface area contributed by atoms with Crippen LogP contribution in [0.2, 0.25) is 0 Å². The Morgan fingerprint density at radius 2 is 2.20 bits per heavy atom. The highest BCUT2D eigenvalue weighted by Gasteiger charge is 2.21. The van der Waals surface area contributed by atoms with Crippen molar-refractivity contribution in [3.8, 4) is 0 Å². The summed E-state index contributed by atoms with van der Waals surface area (Å²) in [6, 6.07) is 9.92. The van der Waals surface area contributed by atoms with E-state index in [-0.39, 0.29) is 5.91 Å². The van der Waals surface area contributed by atoms with Crippen molar-refractivity contribution in [2.45, 2.75) is 39.0 Å². The van der Waals surface area contributed by atoms with Gasteiger partial charge in [0, 0.05) is 44.2 Å². The number of nitrogens with zero attached hydrogens (tertiary/aromatic N) is 2. The van der Waals surface area contributed by atoms with Gasteiger partial charge in [-0.1, -0.05) is 30.3 Å². The Morgan fingerprint density at radius 3 is 3.00 bits per heavy atom. The Bertz CT molecular complexity index is 697. The average Bonchev–Trinajstić information content (AvgIpc) is 3.02. The van der Waals surface area contributed by atoms with Crippen molar-refractivity contribution in [1.82, 2.24) is 15.1 Å². The van der Waals surface area contributed by atoms with Gasteiger partial charge in [0.2, 0.25) is 5.91 Å². The third-order valence-electron chi connectivity index (χ3n) is 4.41. The van der Waals surface area contributed by atoms with Crippen LogP contribution in [0.25, 0.3) is 0 Å². The fraction of sp³-hybridized carbons (Fsp3) is 0.474. The molecule has 6 heteroatoms. The molecule has 1 aliphatic rings. The van der Waals surface area contributed by atoms with Crippen molar-refractivity contribution in [2.75, 3.05) is 20.3 Å². The molecular weight excluding hydrogens is 318 g/mol. The van der Waals surface area contributed by atoms with E-state index < -0.39 is 0 Å². The van der Waals surface area contributed by atoms with Crippen LogP contribution in [0.3, 0.4) is 0 Å². The van der Waals surface area contributed by atoms with Crippen LogP contribution in [0.15, 0.2) is 30.3 Å². The van der Waals surface area contributed by atoms with Crippen LogP contribution in [0, 0.1) is 0 Å². The molecule has 1 aromatic carbocycles. The molecule has 0 aliphatic carbocycles. The van der Waals surface area contributed by atoms with Gasteiger partial charge in [0.15, 0.2) is 0 Å². The summed E-state index contributed by atoms with van der Waals surface area (Å²) < 4.78 is 12.8. The number of methoxy groups -OCH3 is 1. The highest BCUT2D eigenvalue weighted by Crippen LogP contribution is 2.22. The molecule has 0 bridgehead atoms. The number of amides is 1. The number of fused-ring (bicyclic) bond motifs is 1. The van der Waals surface area contributed by atoms with E-state index in [2.05, 4.69) is 5.32 Å². The van der Waals surface area contributed by atoms with E-state index in [9.17, 15) is 4.79 Å². The second-order valence-corrected chi connectivity index (χ2v) is 6.15. The van der Waals surface area contributed by atoms with Crippen LogP contribution in [0.5, 0.6) is 0 Å². The van der Waals surface area contributed by atoms with Crippen LogP contribution < -0.4 is 5.32 Å². The third kappa shape index (κ3) is 4.67. The number of hydrogen-bond acceptors (Lipinski definition) is 4. The van der Waals surface area contributed by atoms with Crippen molar-refractivity contribution < 1.29 is 14.3 Å². The molecule has 2 heterocycles. The van der Waals surface area contributed by atoms with E-state index in [1.807, 2.05) is 35.0 Å². The molecule has 0 saturated carbocycles. The quantitative estimate of drug-likeness (QED) is 0.794. The summed E-state index contributed by atoms with van der Waals surface area (Å²) in [4.78, 5) is 12.1. The minimum Gasteiger partial charge on any atom is -0.383 e. The van der Waals surface area contributed by atoms with Crippen LogP contribution in [-0.2, 0) is 46.8 Å². The Hall–Kier alpha value is -2.18. The zero-order chi connectivity index (χ0) is 17.5. The van der Waals surface area contributed by atoms with Crippen molar-refractivity contribution in [3.05, 3.63) is 52.8 Å². The SMILES string of the molecule is COCCn1nc(CCC(=O)NCc2ccccc2)c2c1CCOC2. The molecule has 0 saturated heterocycles. The number of nitrogens with one attached hydrogen (secondary N) is 1. The van der Waals surface area contributed by atoms with E-state index in [1.54, 1.807) is 7.11 Å². The summed E-state index contributed by atoms with van der Waals surface area (Å²) in [6.07, 6.45) is 1.93. The van der Waals surface area contributed by atoms with Gasteiger partial charge in [0.1, 0.15) is 0 Å². The number of ether oxygens (including phenoxy) is 2. The fourth-order valence-electron chi connectivity index (χ4n) is 3.06. The number of carbonyl (C=O) groups excluding carboxylic acids is 1. The average molecular weight is 343 g/mol. The number of aromatic nitrogens is 2. The Labute approximate surface area is 148 Å². The van der Waals surface area contributed by atoms with Crippen LogP contribution in [0.1, 0.15) is 28.9 Å². The van der Waals surface area contributed by atoms with Crippen molar-refractivity contribution in [2.24, 2.45) is 0 Å². The molecule has 2 aromatic rings. The number of hydrogen-bond donors (Lipinski definition) is 1. The maximum Gasteiger partial charge on any atom is 0.220 e. The van der Waals surface area contributed by atoms with E-state index in [1.165, 1.54) is 5.69 Å². The maximum atomic E-state index is 12.1. The Kier molecular flexibility index (Phi) is 6.19. The number of carbonyl (C=O) groups is 1. The second-order valence-electron chi connectivity index (χ2n) is 6.15. The summed E-state index contributed by atoms with van der Waals surface area (Å²) in [5.74, 6) is 0.0424. The lowest BCUT2D eigenvalue weighted by molar-refractivity contribution is -0.121. The van der Waals surface area contributed by atoms with E-state index in [0.717, 1.165) is 36.4 Å². The second kappa shape index (κ2) is 8.78. The molecule has 0 unspecified atom stereocenters. The van der Waals surface area contributed by atoms with E-state index in [0.29, 0.717) is 32.6 Å². The minimum atomic E-state index is 0.0424. The highest BCUT2D eigenvalue weighted by atomic mass is 16.5. The molecule has 0 spiro atoms. The molecule has 0 atom stereocenters. The van der Waals surface area contributed by atoms with E-state index >= 15 is 0 Å². The summed E-state index contributed by atoms with van der Waals surface area (Å²) in [5, 5.41) is 7.66. The molecule has 1 N–H and O–H groups in total. The van der Waals surface area contributed by atoms with Crippen LogP contribution in [0.4, 0.5) is 0 Å². The summed E-state index contributed by atoms with van der Waals surface area (Å²) >= 11 is 0. The fourth-order valence-corrected chi connectivity index (χ4v) is 3.06. The molecule has 134 valence electrons. The number of aryl methyl sites for hydroxylation is 1. The Balaban J connectivity index is 1.57. The van der Waals surface area contributed by atoms with Gasteiger partial charge in [-0.25, -0.2) is 0 Å². The highest BCUT2D eigenvalue weighted by molar-refractivity contribution is 5.76. The first-order valence-electron chi connectivity index (χ1n) is 8.72. The van der Waals surface area contributed by atoms with Gasteiger partial charge in [-0.05, 0) is 5.56 Å². The minimum absolute atomic E-state index is 0.0424. The zero-order valence-electron chi connectivity index (χ0n) is 14.7. The van der Waals surface area contributed by atoms with Gasteiger partial charge in [0.25, 0.3) is 0 Å². The zero-order valence-corrected chi connectivity index (χ0v) is 14.7. The van der Waals surface area contributed by atoms with Gasteiger partial charge >= 0.3 is 0 Å². The van der Waals surface area contributed by atoms with Crippen LogP contribution >= 0.6 is 0 Å². The molecule has 1 aliphatic heterocycles. The third-order valence-corrected chi connectivity index (χ3v) is 4.41. The molecule has 25 heavy (non-hydrogen) atoms. The Morgan fingerprint density at radius 1 is 1.36 bits per heavy atom. The lowest BCUT2D eigenvalue weighted by Crippen LogP contribution is -2.23. The monoisotopic (exact) mass is 343 g/mol. The first-order chi connectivity index (χ1) is 12.3. The molecule has 3 rings (SSSR count). The lowest BCUT2D eigenvalue weighted by atomic mass is 10.1. The van der Waals surface area contributed by atoms with Gasteiger partial charge in [-0.2, -0.15) is 5.10 Å². The van der Waals surface area contributed by atoms with Crippen molar-refractivity contribution in [3.63, 3.8) is 0 Å². The smallest absolute Gasteiger partial charge is 0.220 e. The molecule has 6 nitrogen and oxygen atoms in total. The number of benzene rings is 1. The van der Waals surface area contributed by atoms with Gasteiger partial charge in [-0.3, -0.25) is 9.48 Å². The van der Waals surface area contributed by atoms with Gasteiger partial charge < -0.3 is 14.8 Å². The topological polar surface area (TPSA) is 65.4 Å². The standard InChI is InChI=1S/C19H25N3O3/c1-24-12-10-22-18-9-11-25-14-16(18)17(21-22)7-8-19(23)20-13-15-5-3-2-4-6-15/h2-6H,7-14H2,1H3,(H,20,23). The first-order valence-corrected chi connectivity index (χ1v) is 8.72. The number of rotatable bonds is 8. The van der Waals surface area contributed by atoms with E-state index in [4.69, 9.17) is 14.6 Å². The summed E-state index contributed by atoms with van der Waals surface area (Å²) in [5.41, 5.74) is 4.45. The predicted molar refractivity (Wildman–Crippen MR) is 94.1 cm³/mol. The van der Waals surface area contributed by atoms with Gasteiger partial charge in [-0.15, -0.1) is 0 Å². The van der Waals surface area contributed by atoms with Crippen molar-refractivity contribution in [1.29, 1.82) is 0 Å². The molecule has 1 aromatic heterocycles. The molecular formula is C19H25N3O3. The molecule has 1 amide bonds.